The quantitative estimate of drug-likeness (QED) is 0.850. The lowest BCUT2D eigenvalue weighted by atomic mass is 9.99. The summed E-state index contributed by atoms with van der Waals surface area (Å²) in [5.74, 6) is 0.961. The van der Waals surface area contributed by atoms with Crippen molar-refractivity contribution < 1.29 is 14.1 Å². The summed E-state index contributed by atoms with van der Waals surface area (Å²) in [4.78, 5) is 14.7. The average Bonchev–Trinajstić information content (AvgIpc) is 3.14. The van der Waals surface area contributed by atoms with E-state index in [1.165, 1.54) is 12.8 Å². The van der Waals surface area contributed by atoms with Crippen molar-refractivity contribution in [3.63, 3.8) is 0 Å². The van der Waals surface area contributed by atoms with Crippen LogP contribution in [0.4, 0.5) is 0 Å². The van der Waals surface area contributed by atoms with E-state index in [0.29, 0.717) is 29.9 Å². The molecule has 2 aliphatic heterocycles. The van der Waals surface area contributed by atoms with Crippen LogP contribution < -0.4 is 0 Å². The Bertz CT molecular complexity index is 509. The summed E-state index contributed by atoms with van der Waals surface area (Å²) in [7, 11) is 1.76. The highest BCUT2D eigenvalue weighted by Crippen LogP contribution is 2.41. The maximum Gasteiger partial charge on any atom is 0.292 e. The number of hydrogen-bond donors (Lipinski definition) is 0. The second-order valence-electron chi connectivity index (χ2n) is 6.32. The van der Waals surface area contributed by atoms with Crippen molar-refractivity contribution in [3.8, 4) is 0 Å². The second kappa shape index (κ2) is 4.58. The predicted octanol–water partition coefficient (Wildman–Crippen LogP) is 2.33. The van der Waals surface area contributed by atoms with Crippen LogP contribution in [0.15, 0.2) is 10.6 Å². The zero-order valence-electron chi connectivity index (χ0n) is 11.7. The molecule has 5 nitrogen and oxygen atoms in total. The zero-order chi connectivity index (χ0) is 13.7. The summed E-state index contributed by atoms with van der Waals surface area (Å²) in [6, 6.07) is 2.46. The number of carbonyl (C=O) groups excluding carboxylic acids is 1. The first kappa shape index (κ1) is 12.4. The van der Waals surface area contributed by atoms with Crippen molar-refractivity contribution in [3.05, 3.63) is 17.5 Å². The normalized spacial score (nSPS) is 32.6. The number of carbonyl (C=O) groups is 1. The second-order valence-corrected chi connectivity index (χ2v) is 6.32. The van der Waals surface area contributed by atoms with Crippen LogP contribution in [0.3, 0.4) is 0 Å². The molecule has 1 unspecified atom stereocenters. The molecule has 108 valence electrons. The number of nitrogens with zero attached hydrogens (tertiary/aromatic N) is 2. The van der Waals surface area contributed by atoms with Crippen molar-refractivity contribution in [2.45, 2.75) is 62.6 Å². The molecule has 1 aliphatic carbocycles. The Labute approximate surface area is 118 Å². The number of hydrogen-bond acceptors (Lipinski definition) is 4. The van der Waals surface area contributed by atoms with Gasteiger partial charge in [-0.1, -0.05) is 5.16 Å². The molecular formula is C15H20N2O3. The molecule has 3 aliphatic rings. The summed E-state index contributed by atoms with van der Waals surface area (Å²) in [6.45, 7) is 0. The Morgan fingerprint density at radius 1 is 1.30 bits per heavy atom. The maximum atomic E-state index is 12.7. The van der Waals surface area contributed by atoms with Gasteiger partial charge in [0.2, 0.25) is 5.76 Å². The Hall–Kier alpha value is -1.36. The van der Waals surface area contributed by atoms with E-state index >= 15 is 0 Å². The minimum absolute atomic E-state index is 0.0199. The highest BCUT2D eigenvalue weighted by atomic mass is 16.5. The van der Waals surface area contributed by atoms with E-state index in [4.69, 9.17) is 9.26 Å². The summed E-state index contributed by atoms with van der Waals surface area (Å²) < 4.78 is 10.8. The maximum absolute atomic E-state index is 12.7. The number of piperidine rings is 1. The van der Waals surface area contributed by atoms with Crippen LogP contribution in [0, 0.1) is 0 Å². The number of fused-ring (bicyclic) bond motifs is 2. The van der Waals surface area contributed by atoms with E-state index in [9.17, 15) is 4.79 Å². The molecular weight excluding hydrogens is 256 g/mol. The molecule has 1 aromatic heterocycles. The fourth-order valence-corrected chi connectivity index (χ4v) is 3.74. The topological polar surface area (TPSA) is 55.6 Å². The predicted molar refractivity (Wildman–Crippen MR) is 71.5 cm³/mol. The van der Waals surface area contributed by atoms with Crippen molar-refractivity contribution in [1.29, 1.82) is 0 Å². The third-order valence-corrected chi connectivity index (χ3v) is 4.99. The molecule has 4 rings (SSSR count). The first-order valence-corrected chi connectivity index (χ1v) is 7.58. The van der Waals surface area contributed by atoms with Gasteiger partial charge in [-0.2, -0.15) is 0 Å². The SMILES string of the molecule is COC1C[C@H]2CC[C@@H](C1)N2C(=O)c1cc(C2CC2)no1. The van der Waals surface area contributed by atoms with Gasteiger partial charge in [-0.25, -0.2) is 0 Å². The number of ether oxygens (including phenoxy) is 1. The van der Waals surface area contributed by atoms with Crippen molar-refractivity contribution in [1.82, 2.24) is 10.1 Å². The van der Waals surface area contributed by atoms with Crippen LogP contribution in [0.1, 0.15) is 60.7 Å². The summed E-state index contributed by atoms with van der Waals surface area (Å²) in [5, 5.41) is 4.05. The lowest BCUT2D eigenvalue weighted by molar-refractivity contribution is 0.00639. The molecule has 20 heavy (non-hydrogen) atoms. The molecule has 5 heteroatoms. The fourth-order valence-electron chi connectivity index (χ4n) is 3.74. The molecule has 3 fully saturated rings. The Morgan fingerprint density at radius 2 is 2.00 bits per heavy atom. The minimum Gasteiger partial charge on any atom is -0.381 e. The van der Waals surface area contributed by atoms with Crippen LogP contribution in [0.5, 0.6) is 0 Å². The van der Waals surface area contributed by atoms with Gasteiger partial charge in [-0.3, -0.25) is 4.79 Å². The molecule has 2 saturated heterocycles. The van der Waals surface area contributed by atoms with Crippen LogP contribution in [0.25, 0.3) is 0 Å². The standard InChI is InChI=1S/C15H20N2O3/c1-19-12-6-10-4-5-11(7-12)17(10)15(18)14-8-13(16-20-14)9-2-3-9/h8-12H,2-7H2,1H3/t10-,11+,12?. The van der Waals surface area contributed by atoms with Gasteiger partial charge in [0.05, 0.1) is 11.8 Å². The van der Waals surface area contributed by atoms with E-state index in [2.05, 4.69) is 5.16 Å². The van der Waals surface area contributed by atoms with Crippen molar-refractivity contribution in [2.24, 2.45) is 0 Å². The third-order valence-electron chi connectivity index (χ3n) is 4.99. The monoisotopic (exact) mass is 276 g/mol. The Morgan fingerprint density at radius 3 is 2.60 bits per heavy atom. The molecule has 0 N–H and O–H groups in total. The first-order chi connectivity index (χ1) is 9.76. The highest BCUT2D eigenvalue weighted by molar-refractivity contribution is 5.92. The third kappa shape index (κ3) is 1.95. The van der Waals surface area contributed by atoms with E-state index in [0.717, 1.165) is 31.4 Å². The molecule has 0 spiro atoms. The number of amides is 1. The molecule has 1 saturated carbocycles. The summed E-state index contributed by atoms with van der Waals surface area (Å²) >= 11 is 0. The minimum atomic E-state index is 0.0199. The highest BCUT2D eigenvalue weighted by Gasteiger charge is 2.44. The molecule has 3 heterocycles. The van der Waals surface area contributed by atoms with Crippen LogP contribution in [0.2, 0.25) is 0 Å². The van der Waals surface area contributed by atoms with Gasteiger partial charge in [-0.05, 0) is 38.5 Å². The van der Waals surface area contributed by atoms with Crippen LogP contribution >= 0.6 is 0 Å². The zero-order valence-corrected chi connectivity index (χ0v) is 11.7. The molecule has 2 bridgehead atoms. The molecule has 1 aromatic rings. The van der Waals surface area contributed by atoms with Gasteiger partial charge in [0.25, 0.3) is 5.91 Å². The first-order valence-electron chi connectivity index (χ1n) is 7.58. The largest absolute Gasteiger partial charge is 0.381 e. The van der Waals surface area contributed by atoms with Gasteiger partial charge >= 0.3 is 0 Å². The van der Waals surface area contributed by atoms with Gasteiger partial charge in [0, 0.05) is 31.2 Å². The van der Waals surface area contributed by atoms with E-state index in [-0.39, 0.29) is 5.91 Å². The molecule has 0 radical (unpaired) electrons. The fraction of sp³-hybridized carbons (Fsp3) is 0.733. The lowest BCUT2D eigenvalue weighted by Crippen LogP contribution is -2.48. The van der Waals surface area contributed by atoms with E-state index < -0.39 is 0 Å². The van der Waals surface area contributed by atoms with Gasteiger partial charge in [0.15, 0.2) is 0 Å². The Balaban J connectivity index is 1.53. The van der Waals surface area contributed by atoms with Gasteiger partial charge in [-0.15, -0.1) is 0 Å². The average molecular weight is 276 g/mol. The lowest BCUT2D eigenvalue weighted by Gasteiger charge is -2.37. The summed E-state index contributed by atoms with van der Waals surface area (Å²) in [6.07, 6.45) is 6.70. The smallest absolute Gasteiger partial charge is 0.292 e. The van der Waals surface area contributed by atoms with Crippen molar-refractivity contribution >= 4 is 5.91 Å². The number of rotatable bonds is 3. The molecule has 3 atom stereocenters. The number of aromatic nitrogens is 1. The van der Waals surface area contributed by atoms with Crippen LogP contribution in [-0.4, -0.2) is 41.3 Å². The number of methoxy groups -OCH3 is 1. The molecule has 1 amide bonds. The van der Waals surface area contributed by atoms with Gasteiger partial charge in [0.1, 0.15) is 0 Å². The van der Waals surface area contributed by atoms with Crippen molar-refractivity contribution in [2.75, 3.05) is 7.11 Å². The summed E-state index contributed by atoms with van der Waals surface area (Å²) in [5.41, 5.74) is 0.951. The van der Waals surface area contributed by atoms with E-state index in [1.54, 1.807) is 7.11 Å². The molecule has 0 aromatic carbocycles. The van der Waals surface area contributed by atoms with E-state index in [1.807, 2.05) is 11.0 Å². The van der Waals surface area contributed by atoms with Crippen LogP contribution in [-0.2, 0) is 4.74 Å². The Kier molecular flexibility index (Phi) is 2.84. The van der Waals surface area contributed by atoms with Gasteiger partial charge < -0.3 is 14.2 Å².